The van der Waals surface area contributed by atoms with Gasteiger partial charge < -0.3 is 4.74 Å². The zero-order chi connectivity index (χ0) is 23.7. The molecule has 3 heteroatoms. The van der Waals surface area contributed by atoms with E-state index in [4.69, 9.17) is 4.74 Å². The number of unbranched alkanes of at least 4 members (excludes halogenated alkanes) is 3. The molecule has 5 rings (SSSR count). The number of thiophene rings is 1. The number of hydrogen-bond acceptors (Lipinski definition) is 2. The summed E-state index contributed by atoms with van der Waals surface area (Å²) in [6.07, 6.45) is 6.35. The van der Waals surface area contributed by atoms with Gasteiger partial charge in [-0.15, -0.1) is 11.3 Å². The molecule has 0 N–H and O–H groups in total. The normalized spacial score (nSPS) is 16.4. The lowest BCUT2D eigenvalue weighted by atomic mass is 9.75. The van der Waals surface area contributed by atoms with Gasteiger partial charge in [0.05, 0.1) is 7.11 Å². The van der Waals surface area contributed by atoms with Crippen molar-refractivity contribution in [3.8, 4) is 37.8 Å². The Morgan fingerprint density at radius 1 is 0.765 bits per heavy atom. The van der Waals surface area contributed by atoms with Crippen molar-refractivity contribution in [1.82, 2.24) is 0 Å². The van der Waals surface area contributed by atoms with Crippen molar-refractivity contribution >= 4 is 27.3 Å². The molecule has 4 aromatic rings. The van der Waals surface area contributed by atoms with Gasteiger partial charge in [0.15, 0.2) is 0 Å². The van der Waals surface area contributed by atoms with E-state index in [0.717, 1.165) is 5.75 Å². The number of benzene rings is 3. The summed E-state index contributed by atoms with van der Waals surface area (Å²) in [7, 11) is 1.71. The number of rotatable bonds is 8. The fraction of sp³-hybridized carbons (Fsp3) is 0.290. The van der Waals surface area contributed by atoms with Gasteiger partial charge in [-0.1, -0.05) is 73.7 Å². The van der Waals surface area contributed by atoms with Gasteiger partial charge in [-0.2, -0.15) is 0 Å². The third-order valence-electron chi connectivity index (χ3n) is 7.28. The maximum Gasteiger partial charge on any atom is 0.118 e. The van der Waals surface area contributed by atoms with Gasteiger partial charge in [-0.25, -0.2) is 0 Å². The largest absolute Gasteiger partial charge is 0.497 e. The number of halogens is 1. The summed E-state index contributed by atoms with van der Waals surface area (Å²) in [6.45, 7) is 4.74. The third kappa shape index (κ3) is 4.25. The zero-order valence-corrected chi connectivity index (χ0v) is 22.6. The topological polar surface area (TPSA) is 9.23 Å². The number of fused-ring (bicyclic) bond motifs is 3. The van der Waals surface area contributed by atoms with E-state index in [2.05, 4.69) is 90.4 Å². The molecule has 0 fully saturated rings. The van der Waals surface area contributed by atoms with Crippen molar-refractivity contribution in [3.05, 3.63) is 88.4 Å². The first-order valence-electron chi connectivity index (χ1n) is 12.2. The van der Waals surface area contributed by atoms with Crippen LogP contribution in [0.15, 0.2) is 77.3 Å². The summed E-state index contributed by atoms with van der Waals surface area (Å²) >= 11 is 5.59. The Labute approximate surface area is 216 Å². The van der Waals surface area contributed by atoms with Gasteiger partial charge in [0.25, 0.3) is 0 Å². The molecular weight excluding hydrogens is 500 g/mol. The summed E-state index contributed by atoms with van der Waals surface area (Å²) in [5.74, 6) is 0.892. The minimum atomic E-state index is 0.0499. The average molecular weight is 532 g/mol. The van der Waals surface area contributed by atoms with Gasteiger partial charge in [0.2, 0.25) is 0 Å². The molecular formula is C31H31BrOS. The summed E-state index contributed by atoms with van der Waals surface area (Å²) in [6, 6.07) is 26.8. The molecule has 1 unspecified atom stereocenters. The first-order valence-corrected chi connectivity index (χ1v) is 13.8. The predicted molar refractivity (Wildman–Crippen MR) is 150 cm³/mol. The van der Waals surface area contributed by atoms with Gasteiger partial charge in [0, 0.05) is 19.6 Å². The van der Waals surface area contributed by atoms with E-state index in [-0.39, 0.29) is 5.41 Å². The number of hydrogen-bond donors (Lipinski definition) is 0. The van der Waals surface area contributed by atoms with Crippen molar-refractivity contribution in [2.75, 3.05) is 7.11 Å². The second-order valence-corrected chi connectivity index (χ2v) is 11.5. The number of ether oxygens (including phenoxy) is 1. The highest BCUT2D eigenvalue weighted by molar-refractivity contribution is 9.10. The van der Waals surface area contributed by atoms with Crippen LogP contribution < -0.4 is 4.74 Å². The monoisotopic (exact) mass is 530 g/mol. The van der Waals surface area contributed by atoms with Gasteiger partial charge in [-0.05, 0) is 94.4 Å². The molecule has 0 radical (unpaired) electrons. The van der Waals surface area contributed by atoms with E-state index in [9.17, 15) is 0 Å². The van der Waals surface area contributed by atoms with Crippen LogP contribution in [0.1, 0.15) is 57.1 Å². The molecule has 0 amide bonds. The highest BCUT2D eigenvalue weighted by Crippen LogP contribution is 2.53. The van der Waals surface area contributed by atoms with E-state index in [1.54, 1.807) is 7.11 Å². The minimum Gasteiger partial charge on any atom is -0.497 e. The van der Waals surface area contributed by atoms with E-state index >= 15 is 0 Å². The van der Waals surface area contributed by atoms with Crippen molar-refractivity contribution in [2.24, 2.45) is 0 Å². The molecule has 174 valence electrons. The fourth-order valence-corrected chi connectivity index (χ4v) is 6.69. The highest BCUT2D eigenvalue weighted by Gasteiger charge is 2.39. The summed E-state index contributed by atoms with van der Waals surface area (Å²) in [5, 5.41) is 0. The maximum absolute atomic E-state index is 5.32. The van der Waals surface area contributed by atoms with Gasteiger partial charge >= 0.3 is 0 Å². The highest BCUT2D eigenvalue weighted by atomic mass is 79.9. The van der Waals surface area contributed by atoms with Crippen LogP contribution >= 0.6 is 27.3 Å². The van der Waals surface area contributed by atoms with Crippen LogP contribution in [0.25, 0.3) is 32.0 Å². The lowest BCUT2D eigenvalue weighted by Gasteiger charge is -2.28. The molecule has 1 nitrogen and oxygen atoms in total. The van der Waals surface area contributed by atoms with Crippen LogP contribution in [0.4, 0.5) is 0 Å². The maximum atomic E-state index is 5.32. The summed E-state index contributed by atoms with van der Waals surface area (Å²) < 4.78 is 6.49. The van der Waals surface area contributed by atoms with Crippen LogP contribution in [0.5, 0.6) is 5.75 Å². The molecule has 0 spiro atoms. The summed E-state index contributed by atoms with van der Waals surface area (Å²) in [4.78, 5) is 2.60. The van der Waals surface area contributed by atoms with E-state index < -0.39 is 0 Å². The molecule has 3 aromatic carbocycles. The van der Waals surface area contributed by atoms with Gasteiger partial charge in [-0.3, -0.25) is 0 Å². The van der Waals surface area contributed by atoms with Crippen LogP contribution in [0.3, 0.4) is 0 Å². The van der Waals surface area contributed by atoms with Crippen molar-refractivity contribution in [3.63, 3.8) is 0 Å². The quantitative estimate of drug-likeness (QED) is 0.206. The Morgan fingerprint density at radius 3 is 2.12 bits per heavy atom. The Morgan fingerprint density at radius 2 is 1.41 bits per heavy atom. The third-order valence-corrected chi connectivity index (χ3v) is 8.95. The van der Waals surface area contributed by atoms with E-state index in [0.29, 0.717) is 0 Å². The second-order valence-electron chi connectivity index (χ2n) is 9.49. The van der Waals surface area contributed by atoms with Gasteiger partial charge in [0.1, 0.15) is 5.75 Å². The Bertz CT molecular complexity index is 1300. The first kappa shape index (κ1) is 23.4. The SMILES string of the molecule is CCCCCCC1(C)c2cc(Br)ccc2-c2ccc(-c3ccc(-c4ccc(OC)cc4)s3)cc21. The number of methoxy groups -OCH3 is 1. The van der Waals surface area contributed by atoms with Crippen LogP contribution in [-0.4, -0.2) is 7.11 Å². The Hall–Kier alpha value is -2.36. The molecule has 1 heterocycles. The molecule has 34 heavy (non-hydrogen) atoms. The lowest BCUT2D eigenvalue weighted by molar-refractivity contribution is 0.415. The molecule has 0 saturated carbocycles. The lowest BCUT2D eigenvalue weighted by Crippen LogP contribution is -2.20. The minimum absolute atomic E-state index is 0.0499. The van der Waals surface area contributed by atoms with Crippen molar-refractivity contribution in [1.29, 1.82) is 0 Å². The summed E-state index contributed by atoms with van der Waals surface area (Å²) in [5.41, 5.74) is 8.34. The first-order chi connectivity index (χ1) is 16.5. The standard InChI is InChI=1S/C31H31BrOS/c1-4-5-6-7-18-31(2)27-19-22(10-14-25(27)26-15-11-23(32)20-28(26)31)30-17-16-29(34-30)21-8-12-24(33-3)13-9-21/h8-17,19-20H,4-7,18H2,1-3H3. The smallest absolute Gasteiger partial charge is 0.118 e. The molecule has 0 saturated heterocycles. The molecule has 1 aromatic heterocycles. The molecule has 1 aliphatic rings. The van der Waals surface area contributed by atoms with Crippen molar-refractivity contribution < 1.29 is 4.74 Å². The average Bonchev–Trinajstić information content (AvgIpc) is 3.44. The molecule has 0 bridgehead atoms. The molecule has 0 aliphatic heterocycles. The Kier molecular flexibility index (Phi) is 6.68. The predicted octanol–water partition coefficient (Wildman–Crippen LogP) is 10.1. The van der Waals surface area contributed by atoms with E-state index in [1.807, 2.05) is 23.5 Å². The fourth-order valence-electron chi connectivity index (χ4n) is 5.32. The van der Waals surface area contributed by atoms with Crippen LogP contribution in [0, 0.1) is 0 Å². The van der Waals surface area contributed by atoms with Crippen LogP contribution in [0.2, 0.25) is 0 Å². The van der Waals surface area contributed by atoms with Crippen molar-refractivity contribution in [2.45, 2.75) is 51.4 Å². The molecule has 1 atom stereocenters. The van der Waals surface area contributed by atoms with E-state index in [1.165, 1.54) is 79.7 Å². The zero-order valence-electron chi connectivity index (χ0n) is 20.2. The van der Waals surface area contributed by atoms with Crippen LogP contribution in [-0.2, 0) is 5.41 Å². The Balaban J connectivity index is 1.51. The second kappa shape index (κ2) is 9.71. The molecule has 1 aliphatic carbocycles.